The van der Waals surface area contributed by atoms with Gasteiger partial charge in [-0.25, -0.2) is 0 Å². The highest BCUT2D eigenvalue weighted by atomic mass is 31.2. The van der Waals surface area contributed by atoms with Gasteiger partial charge >= 0.3 is 7.60 Å². The number of rotatable bonds is 9. The van der Waals surface area contributed by atoms with Crippen LogP contribution >= 0.6 is 7.60 Å². The molecule has 0 amide bonds. The zero-order chi connectivity index (χ0) is 20.9. The van der Waals surface area contributed by atoms with Crippen LogP contribution in [0.5, 0.6) is 5.75 Å². The van der Waals surface area contributed by atoms with Crippen LogP contribution in [0, 0.1) is 5.92 Å². The van der Waals surface area contributed by atoms with Gasteiger partial charge in [0.1, 0.15) is 5.75 Å². The molecular weight excluding hydrogens is 387 g/mol. The molecule has 0 N–H and O–H groups in total. The molecule has 1 aliphatic carbocycles. The van der Waals surface area contributed by atoms with Crippen molar-refractivity contribution >= 4 is 13.4 Å². The number of hydrogen-bond donors (Lipinski definition) is 0. The predicted octanol–water partition coefficient (Wildman–Crippen LogP) is 5.83. The SMILES string of the molecule is CCOP(=O)(OCC)C1=CC[C@@H](c2ccccc2)[C@@H]1C(=O)c1ccc(OC)cc1. The highest BCUT2D eigenvalue weighted by Crippen LogP contribution is 2.64. The molecule has 3 rings (SSSR count). The summed E-state index contributed by atoms with van der Waals surface area (Å²) >= 11 is 0. The molecule has 5 nitrogen and oxygen atoms in total. The second kappa shape index (κ2) is 9.53. The number of carbonyl (C=O) groups is 1. The van der Waals surface area contributed by atoms with Crippen LogP contribution in [0.25, 0.3) is 0 Å². The first-order chi connectivity index (χ1) is 14.0. The Hall–Kier alpha value is -2.20. The molecule has 0 aromatic heterocycles. The van der Waals surface area contributed by atoms with Crippen molar-refractivity contribution in [3.63, 3.8) is 0 Å². The van der Waals surface area contributed by atoms with Crippen LogP contribution in [0.2, 0.25) is 0 Å². The summed E-state index contributed by atoms with van der Waals surface area (Å²) in [5.41, 5.74) is 1.58. The summed E-state index contributed by atoms with van der Waals surface area (Å²) < 4.78 is 29.9. The summed E-state index contributed by atoms with van der Waals surface area (Å²) in [6, 6.07) is 16.8. The molecule has 6 heteroatoms. The molecule has 0 heterocycles. The fourth-order valence-corrected chi connectivity index (χ4v) is 5.83. The Balaban J connectivity index is 2.03. The average Bonchev–Trinajstić information content (AvgIpc) is 3.20. The molecular formula is C23H27O5P. The minimum Gasteiger partial charge on any atom is -0.497 e. The first-order valence-corrected chi connectivity index (χ1v) is 11.4. The summed E-state index contributed by atoms with van der Waals surface area (Å²) in [6.07, 6.45) is 2.48. The van der Waals surface area contributed by atoms with E-state index < -0.39 is 13.5 Å². The Bertz CT molecular complexity index is 895. The van der Waals surface area contributed by atoms with Crippen LogP contribution < -0.4 is 4.74 Å². The van der Waals surface area contributed by atoms with Gasteiger partial charge in [0.25, 0.3) is 0 Å². The minimum absolute atomic E-state index is 0.0927. The molecule has 0 spiro atoms. The van der Waals surface area contributed by atoms with Gasteiger partial charge < -0.3 is 13.8 Å². The van der Waals surface area contributed by atoms with Crippen molar-refractivity contribution in [3.05, 3.63) is 77.1 Å². The molecule has 29 heavy (non-hydrogen) atoms. The van der Waals surface area contributed by atoms with Gasteiger partial charge in [0.2, 0.25) is 0 Å². The first kappa shape index (κ1) is 21.5. The average molecular weight is 414 g/mol. The number of benzene rings is 2. The maximum Gasteiger partial charge on any atom is 0.357 e. The van der Waals surface area contributed by atoms with E-state index in [9.17, 15) is 9.36 Å². The largest absolute Gasteiger partial charge is 0.497 e. The molecule has 0 saturated heterocycles. The standard InChI is InChI=1S/C23H27O5P/c1-4-27-29(25,28-5-2)21-16-15-20(17-9-7-6-8-10-17)22(21)23(24)18-11-13-19(26-3)14-12-18/h6-14,16,20,22H,4-5,15H2,1-3H3/t20-,22-/m0/s1. The topological polar surface area (TPSA) is 61.8 Å². The van der Waals surface area contributed by atoms with E-state index in [1.807, 2.05) is 36.4 Å². The Morgan fingerprint density at radius 1 is 1.00 bits per heavy atom. The van der Waals surface area contributed by atoms with Gasteiger partial charge in [0, 0.05) is 16.8 Å². The van der Waals surface area contributed by atoms with Crippen LogP contribution in [0.3, 0.4) is 0 Å². The van der Waals surface area contributed by atoms with Crippen LogP contribution in [0.4, 0.5) is 0 Å². The molecule has 2 aromatic rings. The predicted molar refractivity (Wildman–Crippen MR) is 114 cm³/mol. The number of allylic oxidation sites excluding steroid dienone is 2. The van der Waals surface area contributed by atoms with Crippen molar-refractivity contribution in [2.45, 2.75) is 26.2 Å². The van der Waals surface area contributed by atoms with Crippen LogP contribution in [0.1, 0.15) is 42.1 Å². The van der Waals surface area contributed by atoms with E-state index in [0.29, 0.717) is 23.0 Å². The van der Waals surface area contributed by atoms with Gasteiger partial charge in [-0.1, -0.05) is 36.4 Å². The Kier molecular flexibility index (Phi) is 7.07. The lowest BCUT2D eigenvalue weighted by atomic mass is 9.83. The van der Waals surface area contributed by atoms with Crippen molar-refractivity contribution in [3.8, 4) is 5.75 Å². The zero-order valence-electron chi connectivity index (χ0n) is 17.0. The molecule has 2 atom stereocenters. The van der Waals surface area contributed by atoms with Gasteiger partial charge in [-0.05, 0) is 50.1 Å². The third kappa shape index (κ3) is 4.53. The molecule has 0 radical (unpaired) electrons. The van der Waals surface area contributed by atoms with Crippen LogP contribution in [0.15, 0.2) is 66.0 Å². The second-order valence-corrected chi connectivity index (χ2v) is 8.81. The van der Waals surface area contributed by atoms with Crippen LogP contribution in [-0.2, 0) is 13.6 Å². The van der Waals surface area contributed by atoms with Gasteiger partial charge in [0.05, 0.1) is 26.2 Å². The lowest BCUT2D eigenvalue weighted by molar-refractivity contribution is 0.0927. The van der Waals surface area contributed by atoms with E-state index in [1.165, 1.54) is 0 Å². The van der Waals surface area contributed by atoms with Gasteiger partial charge in [-0.15, -0.1) is 0 Å². The molecule has 0 bridgehead atoms. The third-order valence-corrected chi connectivity index (χ3v) is 7.39. The molecule has 154 valence electrons. The fraction of sp³-hybridized carbons (Fsp3) is 0.348. The maximum atomic E-state index is 13.6. The van der Waals surface area contributed by atoms with Crippen LogP contribution in [-0.4, -0.2) is 26.1 Å². The van der Waals surface area contributed by atoms with Gasteiger partial charge in [0.15, 0.2) is 5.78 Å². The minimum atomic E-state index is -3.55. The molecule has 2 aromatic carbocycles. The maximum absolute atomic E-state index is 13.6. The zero-order valence-corrected chi connectivity index (χ0v) is 17.9. The lowest BCUT2D eigenvalue weighted by Gasteiger charge is -2.26. The van der Waals surface area contributed by atoms with Crippen molar-refractivity contribution in [2.24, 2.45) is 5.92 Å². The summed E-state index contributed by atoms with van der Waals surface area (Å²) in [5, 5.41) is 0.468. The summed E-state index contributed by atoms with van der Waals surface area (Å²) in [4.78, 5) is 13.6. The summed E-state index contributed by atoms with van der Waals surface area (Å²) in [6.45, 7) is 4.04. The molecule has 0 aliphatic heterocycles. The first-order valence-electron chi connectivity index (χ1n) is 9.87. The van der Waals surface area contributed by atoms with Crippen molar-refractivity contribution < 1.29 is 23.1 Å². The van der Waals surface area contributed by atoms with Gasteiger partial charge in [-0.3, -0.25) is 9.36 Å². The Morgan fingerprint density at radius 3 is 2.17 bits per heavy atom. The summed E-state index contributed by atoms with van der Waals surface area (Å²) in [5.74, 6) is -0.132. The number of hydrogen-bond acceptors (Lipinski definition) is 5. The normalized spacial score (nSPS) is 19.1. The van der Waals surface area contributed by atoms with Crippen molar-refractivity contribution in [1.82, 2.24) is 0 Å². The van der Waals surface area contributed by atoms with E-state index >= 15 is 0 Å². The van der Waals surface area contributed by atoms with Gasteiger partial charge in [-0.2, -0.15) is 0 Å². The number of carbonyl (C=O) groups excluding carboxylic acids is 1. The molecule has 0 unspecified atom stereocenters. The highest BCUT2D eigenvalue weighted by molar-refractivity contribution is 7.58. The number of methoxy groups -OCH3 is 1. The van der Waals surface area contributed by atoms with Crippen molar-refractivity contribution in [2.75, 3.05) is 20.3 Å². The van der Waals surface area contributed by atoms with E-state index in [0.717, 1.165) is 5.56 Å². The number of Topliss-reactive ketones (excluding diaryl/α,β-unsaturated/α-hetero) is 1. The van der Waals surface area contributed by atoms with E-state index in [-0.39, 0.29) is 24.9 Å². The van der Waals surface area contributed by atoms with E-state index in [2.05, 4.69) is 0 Å². The Morgan fingerprint density at radius 2 is 1.62 bits per heavy atom. The second-order valence-electron chi connectivity index (χ2n) is 6.79. The van der Waals surface area contributed by atoms with E-state index in [4.69, 9.17) is 13.8 Å². The quantitative estimate of drug-likeness (QED) is 0.382. The molecule has 1 aliphatic rings. The van der Waals surface area contributed by atoms with Crippen molar-refractivity contribution in [1.29, 1.82) is 0 Å². The number of ketones is 1. The monoisotopic (exact) mass is 414 g/mol. The fourth-order valence-electron chi connectivity index (χ4n) is 3.81. The molecule has 0 saturated carbocycles. The smallest absolute Gasteiger partial charge is 0.357 e. The molecule has 0 fully saturated rings. The summed E-state index contributed by atoms with van der Waals surface area (Å²) in [7, 11) is -1.97. The van der Waals surface area contributed by atoms with E-state index in [1.54, 1.807) is 45.2 Å². The Labute approximate surface area is 172 Å². The third-order valence-electron chi connectivity index (χ3n) is 5.10. The lowest BCUT2D eigenvalue weighted by Crippen LogP contribution is -2.22. The highest BCUT2D eigenvalue weighted by Gasteiger charge is 2.46. The number of ether oxygens (including phenoxy) is 1.